The first-order chi connectivity index (χ1) is 8.36. The van der Waals surface area contributed by atoms with Gasteiger partial charge >= 0.3 is 0 Å². The van der Waals surface area contributed by atoms with Crippen molar-refractivity contribution >= 4 is 32.5 Å². The van der Waals surface area contributed by atoms with Crippen LogP contribution in [0.15, 0.2) is 34.9 Å². The van der Waals surface area contributed by atoms with Gasteiger partial charge in [-0.05, 0) is 31.4 Å². The van der Waals surface area contributed by atoms with E-state index in [-0.39, 0.29) is 0 Å². The summed E-state index contributed by atoms with van der Waals surface area (Å²) in [4.78, 5) is 6.99. The lowest BCUT2D eigenvalue weighted by Gasteiger charge is -2.28. The maximum Gasteiger partial charge on any atom is 0.136 e. The number of halogens is 1. The van der Waals surface area contributed by atoms with E-state index in [4.69, 9.17) is 0 Å². The van der Waals surface area contributed by atoms with Crippen LogP contribution in [0.2, 0.25) is 0 Å². The number of rotatable bonds is 1. The van der Waals surface area contributed by atoms with Crippen LogP contribution >= 0.6 is 15.9 Å². The Bertz CT molecular complexity index is 533. The van der Waals surface area contributed by atoms with Crippen LogP contribution in [-0.2, 0) is 0 Å². The van der Waals surface area contributed by atoms with Crippen molar-refractivity contribution in [3.8, 4) is 0 Å². The van der Waals surface area contributed by atoms with E-state index in [9.17, 15) is 0 Å². The Morgan fingerprint density at radius 3 is 2.65 bits per heavy atom. The van der Waals surface area contributed by atoms with Gasteiger partial charge in [0.2, 0.25) is 0 Å². The molecule has 1 saturated heterocycles. The van der Waals surface area contributed by atoms with Gasteiger partial charge in [0.15, 0.2) is 0 Å². The van der Waals surface area contributed by atoms with Gasteiger partial charge in [0.1, 0.15) is 5.82 Å². The van der Waals surface area contributed by atoms with E-state index in [0.29, 0.717) is 0 Å². The number of hydrogen-bond acceptors (Lipinski definition) is 2. The minimum Gasteiger partial charge on any atom is -0.356 e. The van der Waals surface area contributed by atoms with Gasteiger partial charge in [-0.25, -0.2) is 4.98 Å². The first-order valence-electron chi connectivity index (χ1n) is 6.14. The van der Waals surface area contributed by atoms with E-state index in [1.54, 1.807) is 0 Å². The molecule has 0 radical (unpaired) electrons. The smallest absolute Gasteiger partial charge is 0.136 e. The Morgan fingerprint density at radius 2 is 1.82 bits per heavy atom. The summed E-state index contributed by atoms with van der Waals surface area (Å²) in [5.41, 5.74) is 0. The molecule has 1 aromatic carbocycles. The summed E-state index contributed by atoms with van der Waals surface area (Å²) in [6.07, 6.45) is 5.83. The summed E-state index contributed by atoms with van der Waals surface area (Å²) in [5, 5.41) is 2.51. The van der Waals surface area contributed by atoms with Gasteiger partial charge in [-0.15, -0.1) is 0 Å². The average Bonchev–Trinajstić information content (AvgIpc) is 2.40. The molecule has 2 heterocycles. The Kier molecular flexibility index (Phi) is 3.02. The second kappa shape index (κ2) is 4.65. The molecule has 88 valence electrons. The molecule has 1 aliphatic rings. The summed E-state index contributed by atoms with van der Waals surface area (Å²) >= 11 is 3.61. The molecule has 0 N–H and O–H groups in total. The first-order valence-corrected chi connectivity index (χ1v) is 6.94. The molecule has 1 fully saturated rings. The molecule has 0 bridgehead atoms. The van der Waals surface area contributed by atoms with E-state index < -0.39 is 0 Å². The molecule has 2 aromatic rings. The van der Waals surface area contributed by atoms with Crippen LogP contribution in [0.25, 0.3) is 10.8 Å². The molecule has 1 aromatic heterocycles. The van der Waals surface area contributed by atoms with E-state index in [1.807, 2.05) is 6.20 Å². The lowest BCUT2D eigenvalue weighted by molar-refractivity contribution is 0.575. The van der Waals surface area contributed by atoms with Crippen LogP contribution in [0.4, 0.5) is 5.82 Å². The van der Waals surface area contributed by atoms with Gasteiger partial charge in [0.25, 0.3) is 0 Å². The van der Waals surface area contributed by atoms with Gasteiger partial charge in [-0.3, -0.25) is 0 Å². The Balaban J connectivity index is 2.12. The topological polar surface area (TPSA) is 16.1 Å². The zero-order valence-corrected chi connectivity index (χ0v) is 11.3. The van der Waals surface area contributed by atoms with Crippen molar-refractivity contribution in [2.24, 2.45) is 0 Å². The van der Waals surface area contributed by atoms with Crippen molar-refractivity contribution in [1.82, 2.24) is 4.98 Å². The zero-order valence-electron chi connectivity index (χ0n) is 9.69. The normalized spacial score (nSPS) is 16.4. The van der Waals surface area contributed by atoms with Crippen LogP contribution in [0.1, 0.15) is 19.3 Å². The predicted octanol–water partition coefficient (Wildman–Crippen LogP) is 3.99. The average molecular weight is 291 g/mol. The quantitative estimate of drug-likeness (QED) is 0.790. The summed E-state index contributed by atoms with van der Waals surface area (Å²) < 4.78 is 1.15. The minimum atomic E-state index is 1.14. The molecule has 0 aliphatic carbocycles. The lowest BCUT2D eigenvalue weighted by atomic mass is 10.1. The number of anilines is 1. The third-order valence-electron chi connectivity index (χ3n) is 3.39. The Hall–Kier alpha value is -1.09. The van der Waals surface area contributed by atoms with Crippen LogP contribution in [0, 0.1) is 0 Å². The molecule has 0 atom stereocenters. The van der Waals surface area contributed by atoms with Gasteiger partial charge < -0.3 is 4.90 Å². The number of benzene rings is 1. The number of nitrogens with zero attached hydrogens (tertiary/aromatic N) is 2. The van der Waals surface area contributed by atoms with E-state index in [1.165, 1.54) is 30.0 Å². The molecule has 0 saturated carbocycles. The summed E-state index contributed by atoms with van der Waals surface area (Å²) in [7, 11) is 0. The van der Waals surface area contributed by atoms with E-state index >= 15 is 0 Å². The summed E-state index contributed by atoms with van der Waals surface area (Å²) in [6.45, 7) is 2.28. The number of aromatic nitrogens is 1. The van der Waals surface area contributed by atoms with Crippen molar-refractivity contribution in [3.63, 3.8) is 0 Å². The fraction of sp³-hybridized carbons (Fsp3) is 0.357. The zero-order chi connectivity index (χ0) is 11.7. The molecule has 3 heteroatoms. The van der Waals surface area contributed by atoms with Crippen LogP contribution in [-0.4, -0.2) is 18.1 Å². The molecule has 0 amide bonds. The number of fused-ring (bicyclic) bond motifs is 1. The van der Waals surface area contributed by atoms with Gasteiger partial charge in [0.05, 0.1) is 0 Å². The largest absolute Gasteiger partial charge is 0.356 e. The molecule has 2 nitrogen and oxygen atoms in total. The second-order valence-corrected chi connectivity index (χ2v) is 5.37. The van der Waals surface area contributed by atoms with E-state index in [2.05, 4.69) is 50.1 Å². The highest BCUT2D eigenvalue weighted by atomic mass is 79.9. The van der Waals surface area contributed by atoms with Gasteiger partial charge in [-0.1, -0.05) is 28.1 Å². The fourth-order valence-corrected chi connectivity index (χ4v) is 3.01. The molecule has 3 rings (SSSR count). The summed E-state index contributed by atoms with van der Waals surface area (Å²) in [6, 6.07) is 8.41. The minimum absolute atomic E-state index is 1.14. The number of hydrogen-bond donors (Lipinski definition) is 0. The maximum atomic E-state index is 4.58. The lowest BCUT2D eigenvalue weighted by Crippen LogP contribution is -2.30. The van der Waals surface area contributed by atoms with Crippen molar-refractivity contribution < 1.29 is 0 Å². The van der Waals surface area contributed by atoms with Crippen molar-refractivity contribution in [2.75, 3.05) is 18.0 Å². The van der Waals surface area contributed by atoms with Crippen molar-refractivity contribution in [2.45, 2.75) is 19.3 Å². The highest BCUT2D eigenvalue weighted by Crippen LogP contribution is 2.30. The monoisotopic (exact) mass is 290 g/mol. The second-order valence-electron chi connectivity index (χ2n) is 4.52. The highest BCUT2D eigenvalue weighted by Gasteiger charge is 2.14. The first kappa shape index (κ1) is 11.0. The fourth-order valence-electron chi connectivity index (χ4n) is 2.51. The Labute approximate surface area is 110 Å². The third kappa shape index (κ3) is 2.04. The van der Waals surface area contributed by atoms with Crippen molar-refractivity contribution in [1.29, 1.82) is 0 Å². The van der Waals surface area contributed by atoms with Crippen LogP contribution in [0.3, 0.4) is 0 Å². The molecule has 17 heavy (non-hydrogen) atoms. The number of piperidine rings is 1. The van der Waals surface area contributed by atoms with Crippen molar-refractivity contribution in [3.05, 3.63) is 34.9 Å². The van der Waals surface area contributed by atoms with Crippen LogP contribution in [0.5, 0.6) is 0 Å². The maximum absolute atomic E-state index is 4.58. The predicted molar refractivity (Wildman–Crippen MR) is 75.5 cm³/mol. The SMILES string of the molecule is Brc1cccc2c(N3CCCCC3)nccc12. The molecule has 0 spiro atoms. The standard InChI is InChI=1S/C14H15BrN2/c15-13-6-4-5-12-11(13)7-8-16-14(12)17-9-2-1-3-10-17/h4-8H,1-3,9-10H2. The molecular weight excluding hydrogens is 276 g/mol. The van der Waals surface area contributed by atoms with E-state index in [0.717, 1.165) is 23.4 Å². The Morgan fingerprint density at radius 1 is 1.00 bits per heavy atom. The van der Waals surface area contributed by atoms with Crippen LogP contribution < -0.4 is 4.90 Å². The number of pyridine rings is 1. The highest BCUT2D eigenvalue weighted by molar-refractivity contribution is 9.10. The summed E-state index contributed by atoms with van der Waals surface area (Å²) in [5.74, 6) is 1.14. The molecular formula is C14H15BrN2. The van der Waals surface area contributed by atoms with Gasteiger partial charge in [-0.2, -0.15) is 0 Å². The van der Waals surface area contributed by atoms with Gasteiger partial charge in [0, 0.05) is 34.5 Å². The third-order valence-corrected chi connectivity index (χ3v) is 4.08. The molecule has 0 unspecified atom stereocenters. The molecule has 1 aliphatic heterocycles.